The number of methoxy groups -OCH3 is 1. The van der Waals surface area contributed by atoms with Crippen LogP contribution in [0.2, 0.25) is 0 Å². The number of hydrogen-bond acceptors (Lipinski definition) is 5. The molecule has 24 heavy (non-hydrogen) atoms. The second-order valence-corrected chi connectivity index (χ2v) is 6.04. The van der Waals surface area contributed by atoms with Gasteiger partial charge in [-0.1, -0.05) is 0 Å². The van der Waals surface area contributed by atoms with Gasteiger partial charge in [-0.05, 0) is 55.7 Å². The smallest absolute Gasteiger partial charge is 0.188 e. The normalized spacial score (nSPS) is 10.6. The first-order valence-corrected chi connectivity index (χ1v) is 7.82. The fraction of sp³-hybridized carbons (Fsp3) is 0.368. The number of benzene rings is 2. The highest BCUT2D eigenvalue weighted by molar-refractivity contribution is 5.69. The van der Waals surface area contributed by atoms with Gasteiger partial charge in [-0.15, -0.1) is 0 Å². The number of nitrogens with zero attached hydrogens (tertiary/aromatic N) is 1. The molecule has 0 aliphatic rings. The molecule has 0 amide bonds. The summed E-state index contributed by atoms with van der Waals surface area (Å²) in [5, 5.41) is 0. The molecule has 0 unspecified atom stereocenters. The van der Waals surface area contributed by atoms with E-state index in [1.807, 2.05) is 64.0 Å². The maximum absolute atomic E-state index is 6.11. The number of aryl methyl sites for hydroxylation is 1. The van der Waals surface area contributed by atoms with Gasteiger partial charge >= 0.3 is 0 Å². The van der Waals surface area contributed by atoms with Crippen molar-refractivity contribution in [3.05, 3.63) is 41.0 Å². The standard InChI is InChI=1S/C19H26N2O3/c1-12-9-18(13(2)14(3)19(12)23-11-22-6)24-15-7-8-16(20)17(10-15)21(4)5/h7-10H,11,20H2,1-6H3. The minimum absolute atomic E-state index is 0.228. The second kappa shape index (κ2) is 7.45. The van der Waals surface area contributed by atoms with E-state index in [0.717, 1.165) is 45.3 Å². The molecule has 2 N–H and O–H groups in total. The Bertz CT molecular complexity index is 727. The van der Waals surface area contributed by atoms with Crippen LogP contribution >= 0.6 is 0 Å². The summed E-state index contributed by atoms with van der Waals surface area (Å²) < 4.78 is 16.8. The van der Waals surface area contributed by atoms with E-state index in [1.54, 1.807) is 7.11 Å². The van der Waals surface area contributed by atoms with Crippen molar-refractivity contribution in [2.45, 2.75) is 20.8 Å². The number of nitrogen functional groups attached to an aromatic ring is 1. The second-order valence-electron chi connectivity index (χ2n) is 6.04. The Balaban J connectivity index is 2.35. The Morgan fingerprint density at radius 1 is 1.04 bits per heavy atom. The average molecular weight is 330 g/mol. The van der Waals surface area contributed by atoms with Crippen molar-refractivity contribution in [2.75, 3.05) is 38.6 Å². The molecule has 0 radical (unpaired) electrons. The summed E-state index contributed by atoms with van der Waals surface area (Å²) in [5.41, 5.74) is 10.7. The van der Waals surface area contributed by atoms with E-state index < -0.39 is 0 Å². The van der Waals surface area contributed by atoms with Gasteiger partial charge in [-0.3, -0.25) is 0 Å². The summed E-state index contributed by atoms with van der Waals surface area (Å²) in [4.78, 5) is 1.97. The topological polar surface area (TPSA) is 57.0 Å². The van der Waals surface area contributed by atoms with E-state index in [0.29, 0.717) is 0 Å². The lowest BCUT2D eigenvalue weighted by Gasteiger charge is -2.19. The predicted octanol–water partition coefficient (Wildman–Crippen LogP) is 4.04. The molecule has 2 aromatic carbocycles. The SMILES string of the molecule is COCOc1c(C)cc(Oc2ccc(N)c(N(C)C)c2)c(C)c1C. The van der Waals surface area contributed by atoms with E-state index in [2.05, 4.69) is 0 Å². The van der Waals surface area contributed by atoms with Crippen molar-refractivity contribution in [2.24, 2.45) is 0 Å². The van der Waals surface area contributed by atoms with Crippen LogP contribution in [-0.4, -0.2) is 28.0 Å². The molecular weight excluding hydrogens is 304 g/mol. The van der Waals surface area contributed by atoms with E-state index in [1.165, 1.54) is 0 Å². The van der Waals surface area contributed by atoms with Crippen LogP contribution in [0.4, 0.5) is 11.4 Å². The van der Waals surface area contributed by atoms with E-state index in [-0.39, 0.29) is 6.79 Å². The molecule has 0 spiro atoms. The van der Waals surface area contributed by atoms with Gasteiger partial charge in [0.2, 0.25) is 0 Å². The van der Waals surface area contributed by atoms with Crippen molar-refractivity contribution in [3.63, 3.8) is 0 Å². The van der Waals surface area contributed by atoms with E-state index >= 15 is 0 Å². The minimum atomic E-state index is 0.228. The van der Waals surface area contributed by atoms with Crippen molar-refractivity contribution in [1.82, 2.24) is 0 Å². The Morgan fingerprint density at radius 2 is 1.75 bits per heavy atom. The third-order valence-electron chi connectivity index (χ3n) is 4.01. The first-order chi connectivity index (χ1) is 11.3. The fourth-order valence-electron chi connectivity index (χ4n) is 2.57. The van der Waals surface area contributed by atoms with Crippen LogP contribution in [0, 0.1) is 20.8 Å². The summed E-state index contributed by atoms with van der Waals surface area (Å²) in [6.45, 7) is 6.27. The van der Waals surface area contributed by atoms with Crippen LogP contribution in [0.1, 0.15) is 16.7 Å². The molecule has 0 heterocycles. The van der Waals surface area contributed by atoms with Crippen molar-refractivity contribution in [1.29, 1.82) is 0 Å². The summed E-state index contributed by atoms with van der Waals surface area (Å²) >= 11 is 0. The van der Waals surface area contributed by atoms with Crippen molar-refractivity contribution < 1.29 is 14.2 Å². The van der Waals surface area contributed by atoms with Crippen molar-refractivity contribution in [3.8, 4) is 17.2 Å². The van der Waals surface area contributed by atoms with Crippen LogP contribution in [0.15, 0.2) is 24.3 Å². The summed E-state index contributed by atoms with van der Waals surface area (Å²) in [7, 11) is 5.52. The molecule has 0 saturated heterocycles. The van der Waals surface area contributed by atoms with Crippen LogP contribution in [0.5, 0.6) is 17.2 Å². The molecule has 0 bridgehead atoms. The van der Waals surface area contributed by atoms with Gasteiger partial charge in [0.1, 0.15) is 17.2 Å². The fourth-order valence-corrected chi connectivity index (χ4v) is 2.57. The molecule has 2 aromatic rings. The summed E-state index contributed by atoms with van der Waals surface area (Å²) in [5.74, 6) is 2.40. The highest BCUT2D eigenvalue weighted by atomic mass is 16.7. The quantitative estimate of drug-likeness (QED) is 0.640. The zero-order valence-corrected chi connectivity index (χ0v) is 15.3. The van der Waals surface area contributed by atoms with Gasteiger partial charge in [0.25, 0.3) is 0 Å². The van der Waals surface area contributed by atoms with Crippen LogP contribution in [0.25, 0.3) is 0 Å². The molecule has 5 nitrogen and oxygen atoms in total. The lowest BCUT2D eigenvalue weighted by molar-refractivity contribution is 0.0500. The largest absolute Gasteiger partial charge is 0.467 e. The number of ether oxygens (including phenoxy) is 3. The van der Waals surface area contributed by atoms with Crippen molar-refractivity contribution >= 4 is 11.4 Å². The minimum Gasteiger partial charge on any atom is -0.467 e. The maximum atomic E-state index is 6.11. The Labute approximate surface area is 143 Å². The van der Waals surface area contributed by atoms with Gasteiger partial charge in [-0.25, -0.2) is 0 Å². The lowest BCUT2D eigenvalue weighted by Crippen LogP contribution is -2.11. The number of nitrogens with two attached hydrogens (primary N) is 1. The Hall–Kier alpha value is -2.40. The third kappa shape index (κ3) is 3.74. The molecule has 0 aromatic heterocycles. The van der Waals surface area contributed by atoms with Gasteiger partial charge in [0.15, 0.2) is 6.79 Å². The third-order valence-corrected chi connectivity index (χ3v) is 4.01. The molecule has 0 aliphatic carbocycles. The van der Waals surface area contributed by atoms with Gasteiger partial charge in [0.05, 0.1) is 11.4 Å². The molecule has 5 heteroatoms. The van der Waals surface area contributed by atoms with Gasteiger partial charge in [0, 0.05) is 27.3 Å². The zero-order valence-electron chi connectivity index (χ0n) is 15.3. The molecule has 0 saturated carbocycles. The van der Waals surface area contributed by atoms with Crippen LogP contribution < -0.4 is 20.1 Å². The van der Waals surface area contributed by atoms with Gasteiger partial charge < -0.3 is 24.8 Å². The molecule has 130 valence electrons. The molecular formula is C19H26N2O3. The molecule has 2 rings (SSSR count). The Kier molecular flexibility index (Phi) is 5.57. The van der Waals surface area contributed by atoms with Crippen LogP contribution in [0.3, 0.4) is 0 Å². The number of rotatable bonds is 6. The zero-order chi connectivity index (χ0) is 17.9. The average Bonchev–Trinajstić information content (AvgIpc) is 2.53. The highest BCUT2D eigenvalue weighted by Crippen LogP contribution is 2.37. The number of anilines is 2. The molecule has 0 aliphatic heterocycles. The predicted molar refractivity (Wildman–Crippen MR) is 98.4 cm³/mol. The van der Waals surface area contributed by atoms with Gasteiger partial charge in [-0.2, -0.15) is 0 Å². The highest BCUT2D eigenvalue weighted by Gasteiger charge is 2.14. The summed E-state index contributed by atoms with van der Waals surface area (Å²) in [6, 6.07) is 7.66. The maximum Gasteiger partial charge on any atom is 0.188 e. The van der Waals surface area contributed by atoms with E-state index in [4.69, 9.17) is 19.9 Å². The number of hydrogen-bond donors (Lipinski definition) is 1. The lowest BCUT2D eigenvalue weighted by atomic mass is 10.0. The summed E-state index contributed by atoms with van der Waals surface area (Å²) in [6.07, 6.45) is 0. The molecule has 0 atom stereocenters. The van der Waals surface area contributed by atoms with Crippen LogP contribution in [-0.2, 0) is 4.74 Å². The molecule has 0 fully saturated rings. The first kappa shape index (κ1) is 17.9. The first-order valence-electron chi connectivity index (χ1n) is 7.82. The Morgan fingerprint density at radius 3 is 2.38 bits per heavy atom. The monoisotopic (exact) mass is 330 g/mol. The van der Waals surface area contributed by atoms with E-state index in [9.17, 15) is 0 Å².